The van der Waals surface area contributed by atoms with Crippen molar-refractivity contribution in [2.45, 2.75) is 78.6 Å². The highest BCUT2D eigenvalue weighted by Crippen LogP contribution is 2.35. The number of nitrogens with one attached hydrogen (secondary N) is 4. The summed E-state index contributed by atoms with van der Waals surface area (Å²) in [5.41, 5.74) is 6.14. The number of fused-ring (bicyclic) bond motifs is 6. The maximum atomic E-state index is 14.0. The van der Waals surface area contributed by atoms with E-state index in [1.54, 1.807) is 0 Å². The molecule has 50 heavy (non-hydrogen) atoms. The summed E-state index contributed by atoms with van der Waals surface area (Å²) in [5.74, 6) is 2.11. The van der Waals surface area contributed by atoms with Crippen LogP contribution in [0.2, 0.25) is 0 Å². The number of aromatic amines is 2. The fourth-order valence-corrected chi connectivity index (χ4v) is 7.59. The van der Waals surface area contributed by atoms with Crippen LogP contribution in [0.4, 0.5) is 4.79 Å². The van der Waals surface area contributed by atoms with Crippen LogP contribution in [0.5, 0.6) is 0 Å². The molecule has 0 spiro atoms. The Balaban J connectivity index is 1.20. The van der Waals surface area contributed by atoms with Gasteiger partial charge in [0.25, 0.3) is 0 Å². The lowest BCUT2D eigenvalue weighted by Gasteiger charge is -2.37. The second kappa shape index (κ2) is 13.4. The molecule has 4 atom stereocenters. The predicted octanol–water partition coefficient (Wildman–Crippen LogP) is 8.15. The molecular weight excluding hydrogens is 626 g/mol. The molecule has 4 aromatic carbocycles. The van der Waals surface area contributed by atoms with Gasteiger partial charge in [-0.3, -0.25) is 4.79 Å². The number of nitrogens with zero attached hydrogens (tertiary/aromatic N) is 3. The Morgan fingerprint density at radius 1 is 0.900 bits per heavy atom. The molecule has 0 aliphatic carbocycles. The summed E-state index contributed by atoms with van der Waals surface area (Å²) in [6.07, 6.45) is 1.13. The van der Waals surface area contributed by atoms with Crippen LogP contribution in [-0.2, 0) is 9.53 Å². The highest BCUT2D eigenvalue weighted by atomic mass is 16.5. The van der Waals surface area contributed by atoms with Gasteiger partial charge in [0, 0.05) is 16.8 Å². The average molecular weight is 674 g/mol. The third-order valence-electron chi connectivity index (χ3n) is 10.2. The van der Waals surface area contributed by atoms with Crippen molar-refractivity contribution in [1.82, 2.24) is 35.5 Å². The van der Waals surface area contributed by atoms with E-state index in [2.05, 4.69) is 95.1 Å². The minimum Gasteiger partial charge on any atom is -0.453 e. The first-order valence-corrected chi connectivity index (χ1v) is 17.8. The van der Waals surface area contributed by atoms with E-state index in [4.69, 9.17) is 14.7 Å². The molecule has 2 aromatic heterocycles. The lowest BCUT2D eigenvalue weighted by atomic mass is 9.98. The van der Waals surface area contributed by atoms with E-state index in [0.29, 0.717) is 12.3 Å². The monoisotopic (exact) mass is 673 g/mol. The van der Waals surface area contributed by atoms with Crippen LogP contribution in [0, 0.1) is 11.8 Å². The number of benzene rings is 4. The van der Waals surface area contributed by atoms with E-state index in [-0.39, 0.29) is 30.0 Å². The summed E-state index contributed by atoms with van der Waals surface area (Å²) in [7, 11) is 1.30. The van der Waals surface area contributed by atoms with Gasteiger partial charge in [-0.1, -0.05) is 64.1 Å². The molecule has 6 aromatic rings. The fraction of sp³-hybridized carbons (Fsp3) is 0.400. The van der Waals surface area contributed by atoms with Gasteiger partial charge in [0.1, 0.15) is 17.7 Å². The number of carbonyl (C=O) groups excluding carboxylic acids is 2. The number of imidazole rings is 2. The van der Waals surface area contributed by atoms with E-state index < -0.39 is 12.1 Å². The van der Waals surface area contributed by atoms with Crippen LogP contribution in [0.3, 0.4) is 0 Å². The van der Waals surface area contributed by atoms with Crippen LogP contribution >= 0.6 is 0 Å². The standard InChI is InChI=1S/C40H47N7O3/c1-8-33(47(22(4)5)39(48)34(21(2)3)46-40(49)50-7)38-43-31-16-12-27-19-25(10-14-29(27)36(31)45-38)24-9-13-28-26(18-24)11-15-30-35(28)44-37(42-30)32-17-23(6)20-41-32/h9-16,18-19,21-23,32-34,41H,8,17,20H2,1-7H3,(H,42,44)(H,43,45)(H,46,49). The molecule has 4 unspecified atom stereocenters. The van der Waals surface area contributed by atoms with Gasteiger partial charge < -0.3 is 30.2 Å². The number of alkyl carbamates (subject to hydrolysis) is 1. The van der Waals surface area contributed by atoms with Gasteiger partial charge in [0.15, 0.2) is 0 Å². The first-order chi connectivity index (χ1) is 24.1. The molecule has 0 bridgehead atoms. The van der Waals surface area contributed by atoms with Crippen LogP contribution in [0.1, 0.15) is 78.1 Å². The van der Waals surface area contributed by atoms with E-state index in [1.165, 1.54) is 7.11 Å². The summed E-state index contributed by atoms with van der Waals surface area (Å²) in [5, 5.41) is 10.8. The van der Waals surface area contributed by atoms with Gasteiger partial charge in [-0.15, -0.1) is 0 Å². The molecule has 1 aliphatic heterocycles. The largest absolute Gasteiger partial charge is 0.453 e. The Labute approximate surface area is 292 Å². The number of methoxy groups -OCH3 is 1. The smallest absolute Gasteiger partial charge is 0.407 e. The third kappa shape index (κ3) is 6.06. The van der Waals surface area contributed by atoms with Gasteiger partial charge in [0.05, 0.1) is 41.3 Å². The predicted molar refractivity (Wildman–Crippen MR) is 200 cm³/mol. The van der Waals surface area contributed by atoms with Gasteiger partial charge >= 0.3 is 6.09 Å². The Morgan fingerprint density at radius 3 is 2.06 bits per heavy atom. The number of aromatic nitrogens is 4. The zero-order valence-electron chi connectivity index (χ0n) is 29.9. The van der Waals surface area contributed by atoms with Crippen molar-refractivity contribution in [1.29, 1.82) is 0 Å². The van der Waals surface area contributed by atoms with Crippen LogP contribution < -0.4 is 10.6 Å². The minimum absolute atomic E-state index is 0.123. The number of H-pyrrole nitrogens is 2. The van der Waals surface area contributed by atoms with E-state index in [1.807, 2.05) is 32.6 Å². The van der Waals surface area contributed by atoms with Gasteiger partial charge in [-0.2, -0.15) is 0 Å². The van der Waals surface area contributed by atoms with Crippen LogP contribution in [0.25, 0.3) is 54.7 Å². The van der Waals surface area contributed by atoms with Crippen molar-refractivity contribution in [3.63, 3.8) is 0 Å². The number of amides is 2. The number of carbonyl (C=O) groups is 2. The summed E-state index contributed by atoms with van der Waals surface area (Å²) >= 11 is 0. The third-order valence-corrected chi connectivity index (χ3v) is 10.2. The number of ether oxygens (including phenoxy) is 1. The molecule has 3 heterocycles. The van der Waals surface area contributed by atoms with E-state index >= 15 is 0 Å². The van der Waals surface area contributed by atoms with E-state index in [9.17, 15) is 9.59 Å². The van der Waals surface area contributed by atoms with Gasteiger partial charge in [-0.25, -0.2) is 14.8 Å². The van der Waals surface area contributed by atoms with Gasteiger partial charge in [-0.05, 0) is 91.2 Å². The first-order valence-electron chi connectivity index (χ1n) is 17.8. The van der Waals surface area contributed by atoms with Crippen molar-refractivity contribution in [3.05, 3.63) is 72.3 Å². The first kappa shape index (κ1) is 33.5. The van der Waals surface area contributed by atoms with Crippen molar-refractivity contribution in [2.24, 2.45) is 11.8 Å². The molecule has 0 radical (unpaired) electrons. The fourth-order valence-electron chi connectivity index (χ4n) is 7.59. The number of hydrogen-bond donors (Lipinski definition) is 4. The van der Waals surface area contributed by atoms with Crippen molar-refractivity contribution in [3.8, 4) is 11.1 Å². The molecule has 4 N–H and O–H groups in total. The van der Waals surface area contributed by atoms with Crippen LogP contribution in [0.15, 0.2) is 60.7 Å². The second-order valence-corrected chi connectivity index (χ2v) is 14.5. The summed E-state index contributed by atoms with van der Waals surface area (Å²) < 4.78 is 4.82. The Hall–Kier alpha value is -4.96. The average Bonchev–Trinajstić information content (AvgIpc) is 3.86. The maximum absolute atomic E-state index is 14.0. The van der Waals surface area contributed by atoms with Crippen LogP contribution in [-0.4, -0.2) is 62.6 Å². The maximum Gasteiger partial charge on any atom is 0.407 e. The molecule has 10 nitrogen and oxygen atoms in total. The highest BCUT2D eigenvalue weighted by Gasteiger charge is 2.36. The SMILES string of the molecule is CCC(c1nc2c(ccc3cc(-c4ccc5c(ccc6[nH]c(C7CC(C)CN7)nc65)c4)ccc32)[nH]1)N(C(=O)C(NC(=O)OC)C(C)C)C(C)C. The van der Waals surface area contributed by atoms with Crippen molar-refractivity contribution < 1.29 is 14.3 Å². The minimum atomic E-state index is -0.724. The quantitative estimate of drug-likeness (QED) is 0.123. The highest BCUT2D eigenvalue weighted by molar-refractivity contribution is 6.07. The Kier molecular flexibility index (Phi) is 8.98. The molecule has 2 amide bonds. The molecule has 7 rings (SSSR count). The van der Waals surface area contributed by atoms with Gasteiger partial charge in [0.2, 0.25) is 5.91 Å². The summed E-state index contributed by atoms with van der Waals surface area (Å²) in [6.45, 7) is 13.2. The Bertz CT molecular complexity index is 2220. The molecular formula is C40H47N7O3. The molecule has 10 heteroatoms. The van der Waals surface area contributed by atoms with Crippen molar-refractivity contribution in [2.75, 3.05) is 13.7 Å². The van der Waals surface area contributed by atoms with Crippen molar-refractivity contribution >= 4 is 55.6 Å². The summed E-state index contributed by atoms with van der Waals surface area (Å²) in [4.78, 5) is 45.2. The second-order valence-electron chi connectivity index (χ2n) is 14.5. The molecule has 0 saturated carbocycles. The van der Waals surface area contributed by atoms with E-state index in [0.717, 1.165) is 79.4 Å². The number of hydrogen-bond acceptors (Lipinski definition) is 6. The zero-order chi connectivity index (χ0) is 35.3. The lowest BCUT2D eigenvalue weighted by molar-refractivity contribution is -0.139. The normalized spacial score (nSPS) is 17.7. The number of rotatable bonds is 9. The summed E-state index contributed by atoms with van der Waals surface area (Å²) in [6, 6.07) is 20.7. The zero-order valence-corrected chi connectivity index (χ0v) is 29.9. The molecule has 1 fully saturated rings. The Morgan fingerprint density at radius 2 is 1.52 bits per heavy atom. The molecule has 1 saturated heterocycles. The molecule has 1 aliphatic rings. The molecule has 260 valence electrons. The lowest BCUT2D eigenvalue weighted by Crippen LogP contribution is -2.54. The topological polar surface area (TPSA) is 128 Å².